The number of carbonyl (C=O) groups excluding carboxylic acids is 2. The maximum Gasteiger partial charge on any atom is 0.326 e. The quantitative estimate of drug-likeness (QED) is 0.632. The van der Waals surface area contributed by atoms with Crippen molar-refractivity contribution in [1.82, 2.24) is 10.6 Å². The van der Waals surface area contributed by atoms with Crippen molar-refractivity contribution < 1.29 is 19.5 Å². The predicted molar refractivity (Wildman–Crippen MR) is 83.8 cm³/mol. The van der Waals surface area contributed by atoms with E-state index < -0.39 is 12.0 Å². The zero-order chi connectivity index (χ0) is 15.7. The van der Waals surface area contributed by atoms with E-state index in [1.807, 2.05) is 6.26 Å². The number of amides is 2. The van der Waals surface area contributed by atoms with Crippen molar-refractivity contribution in [3.8, 4) is 0 Å². The van der Waals surface area contributed by atoms with Gasteiger partial charge in [-0.25, -0.2) is 4.79 Å². The van der Waals surface area contributed by atoms with Crippen LogP contribution in [0.2, 0.25) is 0 Å². The van der Waals surface area contributed by atoms with Gasteiger partial charge in [0.1, 0.15) is 6.04 Å². The minimum atomic E-state index is -1.04. The molecule has 0 saturated carbocycles. The SMILES string of the molecule is CSCC[C@H](NC(=O)CCNC(=O)c1cccs1)C(=O)O. The summed E-state index contributed by atoms with van der Waals surface area (Å²) in [6, 6.07) is 2.59. The summed E-state index contributed by atoms with van der Waals surface area (Å²) in [4.78, 5) is 34.9. The van der Waals surface area contributed by atoms with Crippen LogP contribution < -0.4 is 10.6 Å². The molecular weight excluding hydrogens is 312 g/mol. The second kappa shape index (κ2) is 9.41. The van der Waals surface area contributed by atoms with Crippen molar-refractivity contribution in [2.75, 3.05) is 18.6 Å². The lowest BCUT2D eigenvalue weighted by Crippen LogP contribution is -2.42. The van der Waals surface area contributed by atoms with Gasteiger partial charge in [0.15, 0.2) is 0 Å². The van der Waals surface area contributed by atoms with Gasteiger partial charge in [0.2, 0.25) is 5.91 Å². The zero-order valence-corrected chi connectivity index (χ0v) is 13.3. The molecule has 8 heteroatoms. The summed E-state index contributed by atoms with van der Waals surface area (Å²) in [5.41, 5.74) is 0. The molecule has 0 fully saturated rings. The molecular formula is C13H18N2O4S2. The standard InChI is InChI=1S/C13H18N2O4S2/c1-20-8-5-9(13(18)19)15-11(16)4-6-14-12(17)10-3-2-7-21-10/h2-3,7,9H,4-6,8H2,1H3,(H,14,17)(H,15,16)(H,18,19)/t9-/m0/s1. The molecule has 0 aliphatic rings. The van der Waals surface area contributed by atoms with E-state index >= 15 is 0 Å². The molecule has 1 aromatic rings. The summed E-state index contributed by atoms with van der Waals surface area (Å²) >= 11 is 2.85. The minimum Gasteiger partial charge on any atom is -0.480 e. The Kier molecular flexibility index (Phi) is 7.84. The first-order valence-electron chi connectivity index (χ1n) is 6.37. The van der Waals surface area contributed by atoms with Gasteiger partial charge >= 0.3 is 5.97 Å². The molecule has 116 valence electrons. The van der Waals surface area contributed by atoms with Crippen LogP contribution in [0, 0.1) is 0 Å². The highest BCUT2D eigenvalue weighted by Gasteiger charge is 2.19. The number of thioether (sulfide) groups is 1. The lowest BCUT2D eigenvalue weighted by molar-refractivity contribution is -0.141. The molecule has 6 nitrogen and oxygen atoms in total. The maximum absolute atomic E-state index is 11.7. The Morgan fingerprint density at radius 3 is 2.76 bits per heavy atom. The molecule has 0 saturated heterocycles. The summed E-state index contributed by atoms with van der Waals surface area (Å²) in [7, 11) is 0. The second-order valence-electron chi connectivity index (χ2n) is 4.22. The number of carboxylic acid groups (broad SMARTS) is 1. The number of carbonyl (C=O) groups is 3. The van der Waals surface area contributed by atoms with E-state index in [-0.39, 0.29) is 24.8 Å². The third-order valence-electron chi connectivity index (χ3n) is 2.63. The van der Waals surface area contributed by atoms with Crippen molar-refractivity contribution >= 4 is 40.9 Å². The van der Waals surface area contributed by atoms with Gasteiger partial charge in [-0.3, -0.25) is 9.59 Å². The average Bonchev–Trinajstić information content (AvgIpc) is 2.97. The van der Waals surface area contributed by atoms with Crippen LogP contribution in [-0.2, 0) is 9.59 Å². The molecule has 0 aliphatic heterocycles. The molecule has 0 radical (unpaired) electrons. The number of hydrogen-bond donors (Lipinski definition) is 3. The number of nitrogens with one attached hydrogen (secondary N) is 2. The molecule has 1 heterocycles. The first kappa shape index (κ1) is 17.5. The molecule has 2 amide bonds. The topological polar surface area (TPSA) is 95.5 Å². The zero-order valence-electron chi connectivity index (χ0n) is 11.6. The second-order valence-corrected chi connectivity index (χ2v) is 6.16. The minimum absolute atomic E-state index is 0.0557. The third-order valence-corrected chi connectivity index (χ3v) is 4.14. The Hall–Kier alpha value is -1.54. The Morgan fingerprint density at radius 1 is 1.43 bits per heavy atom. The van der Waals surface area contributed by atoms with Gasteiger partial charge < -0.3 is 15.7 Å². The predicted octanol–water partition coefficient (Wildman–Crippen LogP) is 1.19. The van der Waals surface area contributed by atoms with Crippen molar-refractivity contribution in [3.05, 3.63) is 22.4 Å². The molecule has 1 rings (SSSR count). The van der Waals surface area contributed by atoms with E-state index in [0.29, 0.717) is 17.1 Å². The molecule has 0 bridgehead atoms. The molecule has 0 spiro atoms. The summed E-state index contributed by atoms with van der Waals surface area (Å²) in [6.07, 6.45) is 2.31. The molecule has 1 aromatic heterocycles. The highest BCUT2D eigenvalue weighted by molar-refractivity contribution is 7.98. The monoisotopic (exact) mass is 330 g/mol. The first-order chi connectivity index (χ1) is 10.0. The van der Waals surface area contributed by atoms with Crippen LogP contribution in [0.15, 0.2) is 17.5 Å². The van der Waals surface area contributed by atoms with Gasteiger partial charge in [-0.1, -0.05) is 6.07 Å². The summed E-state index contributed by atoms with van der Waals surface area (Å²) in [6.45, 7) is 0.178. The van der Waals surface area contributed by atoms with Crippen molar-refractivity contribution in [2.24, 2.45) is 0 Å². The van der Waals surface area contributed by atoms with Gasteiger partial charge in [-0.05, 0) is 29.9 Å². The highest BCUT2D eigenvalue weighted by atomic mass is 32.2. The van der Waals surface area contributed by atoms with Crippen LogP contribution in [0.25, 0.3) is 0 Å². The first-order valence-corrected chi connectivity index (χ1v) is 8.64. The average molecular weight is 330 g/mol. The van der Waals surface area contributed by atoms with Gasteiger partial charge in [0, 0.05) is 13.0 Å². The van der Waals surface area contributed by atoms with Crippen molar-refractivity contribution in [2.45, 2.75) is 18.9 Å². The van der Waals surface area contributed by atoms with Crippen LogP contribution in [0.4, 0.5) is 0 Å². The third kappa shape index (κ3) is 6.63. The number of thiophene rings is 1. The highest BCUT2D eigenvalue weighted by Crippen LogP contribution is 2.07. The number of aliphatic carboxylic acids is 1. The lowest BCUT2D eigenvalue weighted by atomic mass is 10.2. The van der Waals surface area contributed by atoms with Gasteiger partial charge in [0.25, 0.3) is 5.91 Å². The van der Waals surface area contributed by atoms with Crippen molar-refractivity contribution in [1.29, 1.82) is 0 Å². The van der Waals surface area contributed by atoms with E-state index in [1.54, 1.807) is 17.5 Å². The van der Waals surface area contributed by atoms with E-state index in [9.17, 15) is 14.4 Å². The fraction of sp³-hybridized carbons (Fsp3) is 0.462. The van der Waals surface area contributed by atoms with Gasteiger partial charge in [0.05, 0.1) is 4.88 Å². The van der Waals surface area contributed by atoms with Crippen LogP contribution in [0.1, 0.15) is 22.5 Å². The molecule has 0 unspecified atom stereocenters. The van der Waals surface area contributed by atoms with E-state index in [0.717, 1.165) is 0 Å². The molecule has 0 aromatic carbocycles. The smallest absolute Gasteiger partial charge is 0.326 e. The van der Waals surface area contributed by atoms with Crippen LogP contribution in [0.3, 0.4) is 0 Å². The summed E-state index contributed by atoms with van der Waals surface area (Å²) in [5.74, 6) is -0.989. The van der Waals surface area contributed by atoms with Gasteiger partial charge in [-0.2, -0.15) is 11.8 Å². The van der Waals surface area contributed by atoms with E-state index in [1.165, 1.54) is 23.1 Å². The Morgan fingerprint density at radius 2 is 2.19 bits per heavy atom. The Bertz CT molecular complexity index is 477. The van der Waals surface area contributed by atoms with Crippen LogP contribution in [0.5, 0.6) is 0 Å². The molecule has 1 atom stereocenters. The normalized spacial score (nSPS) is 11.7. The summed E-state index contributed by atoms with van der Waals surface area (Å²) < 4.78 is 0. The van der Waals surface area contributed by atoms with E-state index in [2.05, 4.69) is 10.6 Å². The van der Waals surface area contributed by atoms with Crippen molar-refractivity contribution in [3.63, 3.8) is 0 Å². The molecule has 3 N–H and O–H groups in total. The maximum atomic E-state index is 11.7. The van der Waals surface area contributed by atoms with Crippen LogP contribution >= 0.6 is 23.1 Å². The fourth-order valence-electron chi connectivity index (χ4n) is 1.54. The van der Waals surface area contributed by atoms with Gasteiger partial charge in [-0.15, -0.1) is 11.3 Å². The molecule has 0 aliphatic carbocycles. The number of carboxylic acids is 1. The van der Waals surface area contributed by atoms with Crippen LogP contribution in [-0.4, -0.2) is 47.5 Å². The number of rotatable bonds is 9. The molecule has 21 heavy (non-hydrogen) atoms. The largest absolute Gasteiger partial charge is 0.480 e. The van der Waals surface area contributed by atoms with E-state index in [4.69, 9.17) is 5.11 Å². The fourth-order valence-corrected chi connectivity index (χ4v) is 2.66. The Labute approximate surface area is 131 Å². The summed E-state index contributed by atoms with van der Waals surface area (Å²) in [5, 5.41) is 15.9. The number of hydrogen-bond acceptors (Lipinski definition) is 5. The Balaban J connectivity index is 2.29. The lowest BCUT2D eigenvalue weighted by Gasteiger charge is -2.14.